The number of pyridine rings is 1. The number of anilines is 1. The van der Waals surface area contributed by atoms with Crippen LogP contribution in [0.15, 0.2) is 18.3 Å². The van der Waals surface area contributed by atoms with Crippen LogP contribution in [0.5, 0.6) is 0 Å². The Bertz CT molecular complexity index is 469. The molecule has 21 heavy (non-hydrogen) atoms. The number of carbonyl (C=O) groups excluding carboxylic acids is 1. The fourth-order valence-electron chi connectivity index (χ4n) is 2.29. The third-order valence-corrected chi connectivity index (χ3v) is 3.69. The van der Waals surface area contributed by atoms with Crippen LogP contribution in [0.2, 0.25) is 0 Å². The fourth-order valence-corrected chi connectivity index (χ4v) is 2.29. The molecule has 0 spiro atoms. The summed E-state index contributed by atoms with van der Waals surface area (Å²) in [5, 5.41) is 2.90. The van der Waals surface area contributed by atoms with Crippen molar-refractivity contribution < 1.29 is 4.79 Å². The molecule has 0 bridgehead atoms. The Morgan fingerprint density at radius 3 is 2.71 bits per heavy atom. The zero-order valence-corrected chi connectivity index (χ0v) is 13.2. The highest BCUT2D eigenvalue weighted by molar-refractivity contribution is 5.93. The van der Waals surface area contributed by atoms with Crippen LogP contribution >= 0.6 is 0 Å². The average Bonchev–Trinajstić information content (AvgIpc) is 2.47. The minimum absolute atomic E-state index is 0.104. The number of rotatable bonds is 5. The van der Waals surface area contributed by atoms with Crippen LogP contribution in [0.25, 0.3) is 0 Å². The summed E-state index contributed by atoms with van der Waals surface area (Å²) in [6.07, 6.45) is 1.72. The van der Waals surface area contributed by atoms with Crippen LogP contribution in [0, 0.1) is 0 Å². The lowest BCUT2D eigenvalue weighted by Crippen LogP contribution is -2.44. The molecular weight excluding hydrogens is 266 g/mol. The van der Waals surface area contributed by atoms with Crippen LogP contribution in [-0.4, -0.2) is 81.1 Å². The van der Waals surface area contributed by atoms with Gasteiger partial charge in [0.05, 0.1) is 0 Å². The molecule has 0 atom stereocenters. The second kappa shape index (κ2) is 7.38. The largest absolute Gasteiger partial charge is 0.369 e. The minimum atomic E-state index is -0.104. The van der Waals surface area contributed by atoms with Crippen molar-refractivity contribution in [1.29, 1.82) is 0 Å². The van der Waals surface area contributed by atoms with Gasteiger partial charge in [0, 0.05) is 51.2 Å². The maximum Gasteiger partial charge on any atom is 0.269 e. The van der Waals surface area contributed by atoms with Crippen molar-refractivity contribution in [2.45, 2.75) is 0 Å². The average molecular weight is 291 g/mol. The molecule has 2 heterocycles. The summed E-state index contributed by atoms with van der Waals surface area (Å²) in [5.74, 6) is -0.104. The topological polar surface area (TPSA) is 51.7 Å². The molecule has 116 valence electrons. The van der Waals surface area contributed by atoms with E-state index in [1.165, 1.54) is 0 Å². The van der Waals surface area contributed by atoms with Gasteiger partial charge < -0.3 is 20.0 Å². The second-order valence-corrected chi connectivity index (χ2v) is 5.75. The number of nitrogens with one attached hydrogen (secondary N) is 1. The van der Waals surface area contributed by atoms with Crippen molar-refractivity contribution in [2.75, 3.05) is 65.3 Å². The third kappa shape index (κ3) is 4.68. The zero-order valence-electron chi connectivity index (χ0n) is 13.2. The van der Waals surface area contributed by atoms with Crippen LogP contribution in [0.4, 0.5) is 5.69 Å². The first-order valence-corrected chi connectivity index (χ1v) is 7.39. The number of amides is 1. The molecule has 1 aliphatic rings. The first-order chi connectivity index (χ1) is 10.1. The smallest absolute Gasteiger partial charge is 0.269 e. The van der Waals surface area contributed by atoms with Crippen LogP contribution in [0.3, 0.4) is 0 Å². The fraction of sp³-hybridized carbons (Fsp3) is 0.600. The van der Waals surface area contributed by atoms with Crippen LogP contribution in [-0.2, 0) is 0 Å². The van der Waals surface area contributed by atoms with Crippen LogP contribution in [0.1, 0.15) is 10.5 Å². The third-order valence-electron chi connectivity index (χ3n) is 3.69. The molecule has 6 heteroatoms. The van der Waals surface area contributed by atoms with E-state index >= 15 is 0 Å². The van der Waals surface area contributed by atoms with Crippen molar-refractivity contribution in [3.8, 4) is 0 Å². The van der Waals surface area contributed by atoms with Gasteiger partial charge in [-0.25, -0.2) is 0 Å². The lowest BCUT2D eigenvalue weighted by molar-refractivity contribution is 0.0946. The van der Waals surface area contributed by atoms with Gasteiger partial charge in [-0.15, -0.1) is 0 Å². The quantitative estimate of drug-likeness (QED) is 0.835. The normalized spacial score (nSPS) is 16.3. The molecule has 1 aromatic rings. The van der Waals surface area contributed by atoms with E-state index in [4.69, 9.17) is 0 Å². The van der Waals surface area contributed by atoms with Crippen molar-refractivity contribution in [3.63, 3.8) is 0 Å². The van der Waals surface area contributed by atoms with Gasteiger partial charge >= 0.3 is 0 Å². The summed E-state index contributed by atoms with van der Waals surface area (Å²) >= 11 is 0. The SMILES string of the molecule is CN(C)CCNC(=O)c1cc(N2CCN(C)CC2)ccn1. The number of nitrogens with zero attached hydrogens (tertiary/aromatic N) is 4. The molecule has 1 aromatic heterocycles. The highest BCUT2D eigenvalue weighted by Gasteiger charge is 2.16. The molecule has 0 saturated carbocycles. The van der Waals surface area contributed by atoms with E-state index in [9.17, 15) is 4.79 Å². The van der Waals surface area contributed by atoms with E-state index in [2.05, 4.69) is 27.1 Å². The Labute approximate surface area is 126 Å². The highest BCUT2D eigenvalue weighted by Crippen LogP contribution is 2.16. The number of carbonyl (C=O) groups is 1. The summed E-state index contributed by atoms with van der Waals surface area (Å²) in [5.41, 5.74) is 1.57. The Hall–Kier alpha value is -1.66. The summed E-state index contributed by atoms with van der Waals surface area (Å²) in [6.45, 7) is 5.53. The molecule has 1 fully saturated rings. The zero-order chi connectivity index (χ0) is 15.2. The Morgan fingerprint density at radius 1 is 1.33 bits per heavy atom. The van der Waals surface area contributed by atoms with Gasteiger partial charge in [0.1, 0.15) is 5.69 Å². The van der Waals surface area contributed by atoms with Crippen molar-refractivity contribution in [2.24, 2.45) is 0 Å². The molecule has 1 amide bonds. The number of hydrogen-bond donors (Lipinski definition) is 1. The molecule has 1 N–H and O–H groups in total. The van der Waals surface area contributed by atoms with E-state index in [1.54, 1.807) is 6.20 Å². The van der Waals surface area contributed by atoms with Gasteiger partial charge in [-0.1, -0.05) is 0 Å². The van der Waals surface area contributed by atoms with E-state index in [0.29, 0.717) is 12.2 Å². The molecular formula is C15H25N5O. The predicted molar refractivity (Wildman–Crippen MR) is 84.8 cm³/mol. The van der Waals surface area contributed by atoms with E-state index in [0.717, 1.165) is 38.4 Å². The molecule has 0 radical (unpaired) electrons. The Balaban J connectivity index is 1.95. The Morgan fingerprint density at radius 2 is 2.05 bits per heavy atom. The van der Waals surface area contributed by atoms with E-state index in [-0.39, 0.29) is 5.91 Å². The first kappa shape index (κ1) is 15.7. The molecule has 0 aliphatic carbocycles. The number of hydrogen-bond acceptors (Lipinski definition) is 5. The number of piperazine rings is 1. The Kier molecular flexibility index (Phi) is 5.52. The standard InChI is InChI=1S/C15H25N5O/c1-18(2)7-6-17-15(21)14-12-13(4-5-16-14)20-10-8-19(3)9-11-20/h4-5,12H,6-11H2,1-3H3,(H,17,21). The predicted octanol–water partition coefficient (Wildman–Crippen LogP) is 0.125. The summed E-state index contributed by atoms with van der Waals surface area (Å²) < 4.78 is 0. The van der Waals surface area contributed by atoms with Gasteiger partial charge in [-0.05, 0) is 33.3 Å². The molecule has 6 nitrogen and oxygen atoms in total. The van der Waals surface area contributed by atoms with Gasteiger partial charge in [-0.3, -0.25) is 9.78 Å². The second-order valence-electron chi connectivity index (χ2n) is 5.75. The van der Waals surface area contributed by atoms with Crippen molar-refractivity contribution in [3.05, 3.63) is 24.0 Å². The van der Waals surface area contributed by atoms with Crippen LogP contribution < -0.4 is 10.2 Å². The summed E-state index contributed by atoms with van der Waals surface area (Å²) in [6, 6.07) is 3.86. The maximum absolute atomic E-state index is 12.1. The first-order valence-electron chi connectivity index (χ1n) is 7.39. The number of aromatic nitrogens is 1. The van der Waals surface area contributed by atoms with Crippen molar-refractivity contribution in [1.82, 2.24) is 20.1 Å². The highest BCUT2D eigenvalue weighted by atomic mass is 16.1. The van der Waals surface area contributed by atoms with Gasteiger partial charge in [0.15, 0.2) is 0 Å². The summed E-state index contributed by atoms with van der Waals surface area (Å²) in [7, 11) is 6.10. The maximum atomic E-state index is 12.1. The lowest BCUT2D eigenvalue weighted by Gasteiger charge is -2.34. The summed E-state index contributed by atoms with van der Waals surface area (Å²) in [4.78, 5) is 22.9. The van der Waals surface area contributed by atoms with Gasteiger partial charge in [0.25, 0.3) is 5.91 Å². The molecule has 2 rings (SSSR count). The van der Waals surface area contributed by atoms with Gasteiger partial charge in [-0.2, -0.15) is 0 Å². The van der Waals surface area contributed by atoms with Crippen molar-refractivity contribution >= 4 is 11.6 Å². The van der Waals surface area contributed by atoms with E-state index < -0.39 is 0 Å². The molecule has 0 unspecified atom stereocenters. The lowest BCUT2D eigenvalue weighted by atomic mass is 10.2. The molecule has 1 saturated heterocycles. The monoisotopic (exact) mass is 291 g/mol. The van der Waals surface area contributed by atoms with E-state index in [1.807, 2.05) is 31.1 Å². The minimum Gasteiger partial charge on any atom is -0.369 e. The molecule has 1 aliphatic heterocycles. The van der Waals surface area contributed by atoms with Gasteiger partial charge in [0.2, 0.25) is 0 Å². The number of likely N-dealkylation sites (N-methyl/N-ethyl adjacent to an activating group) is 2. The molecule has 0 aromatic carbocycles.